The lowest BCUT2D eigenvalue weighted by Gasteiger charge is -2.21. The van der Waals surface area contributed by atoms with Crippen molar-refractivity contribution in [3.8, 4) is 0 Å². The lowest BCUT2D eigenvalue weighted by Crippen LogP contribution is -2.34. The minimum atomic E-state index is -3.86. The Kier molecular flexibility index (Phi) is 4.85. The summed E-state index contributed by atoms with van der Waals surface area (Å²) in [6, 6.07) is 1.50. The molecule has 0 bridgehead atoms. The number of hydrogen-bond acceptors (Lipinski definition) is 6. The number of thiophene rings is 1. The molecule has 3 N–H and O–H groups in total. The molecule has 1 amide bonds. The smallest absolute Gasteiger partial charge is 0.265 e. The van der Waals surface area contributed by atoms with Crippen molar-refractivity contribution in [2.24, 2.45) is 18.7 Å². The average Bonchev–Trinajstić information content (AvgIpc) is 3.26. The van der Waals surface area contributed by atoms with Crippen molar-refractivity contribution in [3.63, 3.8) is 0 Å². The van der Waals surface area contributed by atoms with E-state index in [0.29, 0.717) is 18.8 Å². The highest BCUT2D eigenvalue weighted by Crippen LogP contribution is 2.30. The second-order valence-electron chi connectivity index (χ2n) is 6.27. The molecule has 0 saturated carbocycles. The molecule has 0 radical (unpaired) electrons. The standard InChI is InChI=1S/C15H21N5O3S2/c1-10-5-11(6-16)8-20(10)15(21)14-13(3-4-24-14)25(22,23)18-12-7-17-19(2)9-12/h3-4,7,9-11,18H,5-6,8,16H2,1-2H3. The zero-order valence-corrected chi connectivity index (χ0v) is 15.7. The largest absolute Gasteiger partial charge is 0.335 e. The Balaban J connectivity index is 1.86. The molecule has 0 spiro atoms. The molecule has 0 aliphatic carbocycles. The van der Waals surface area contributed by atoms with Gasteiger partial charge in [0.1, 0.15) is 9.77 Å². The molecule has 1 fully saturated rings. The van der Waals surface area contributed by atoms with Crippen LogP contribution in [0.15, 0.2) is 28.7 Å². The van der Waals surface area contributed by atoms with E-state index in [2.05, 4.69) is 9.82 Å². The highest BCUT2D eigenvalue weighted by atomic mass is 32.2. The molecule has 1 saturated heterocycles. The number of aryl methyl sites for hydroxylation is 1. The van der Waals surface area contributed by atoms with Gasteiger partial charge in [-0.05, 0) is 37.3 Å². The summed E-state index contributed by atoms with van der Waals surface area (Å²) < 4.78 is 29.3. The number of nitrogens with two attached hydrogens (primary N) is 1. The number of aromatic nitrogens is 2. The van der Waals surface area contributed by atoms with Gasteiger partial charge in [-0.25, -0.2) is 8.42 Å². The predicted octanol–water partition coefficient (Wildman–Crippen LogP) is 1.09. The third kappa shape index (κ3) is 3.55. The summed E-state index contributed by atoms with van der Waals surface area (Å²) in [5, 5.41) is 5.55. The van der Waals surface area contributed by atoms with Crippen LogP contribution in [-0.2, 0) is 17.1 Å². The van der Waals surface area contributed by atoms with Gasteiger partial charge >= 0.3 is 0 Å². The maximum absolute atomic E-state index is 12.9. The van der Waals surface area contributed by atoms with E-state index in [1.807, 2.05) is 6.92 Å². The van der Waals surface area contributed by atoms with E-state index in [9.17, 15) is 13.2 Å². The van der Waals surface area contributed by atoms with Crippen molar-refractivity contribution in [2.45, 2.75) is 24.3 Å². The normalized spacial score (nSPS) is 20.8. The van der Waals surface area contributed by atoms with Crippen molar-refractivity contribution in [1.29, 1.82) is 0 Å². The molecule has 25 heavy (non-hydrogen) atoms. The first-order valence-corrected chi connectivity index (χ1v) is 10.3. The molecule has 2 aromatic heterocycles. The van der Waals surface area contributed by atoms with Crippen molar-refractivity contribution in [3.05, 3.63) is 28.7 Å². The summed E-state index contributed by atoms with van der Waals surface area (Å²) in [4.78, 5) is 14.8. The van der Waals surface area contributed by atoms with Crippen LogP contribution in [-0.4, -0.2) is 48.1 Å². The van der Waals surface area contributed by atoms with Gasteiger partial charge in [0.05, 0.1) is 11.9 Å². The minimum Gasteiger partial charge on any atom is -0.335 e. The maximum atomic E-state index is 12.9. The van der Waals surface area contributed by atoms with Gasteiger partial charge in [0, 0.05) is 25.8 Å². The number of carbonyl (C=O) groups is 1. The van der Waals surface area contributed by atoms with Crippen LogP contribution in [0.5, 0.6) is 0 Å². The summed E-state index contributed by atoms with van der Waals surface area (Å²) in [7, 11) is -2.17. The first-order chi connectivity index (χ1) is 11.8. The van der Waals surface area contributed by atoms with E-state index in [4.69, 9.17) is 5.73 Å². The quantitative estimate of drug-likeness (QED) is 0.803. The van der Waals surface area contributed by atoms with Crippen LogP contribution in [0.4, 0.5) is 5.69 Å². The molecule has 1 aliphatic heterocycles. The van der Waals surface area contributed by atoms with E-state index in [1.165, 1.54) is 16.9 Å². The number of nitrogens with zero attached hydrogens (tertiary/aromatic N) is 3. The molecule has 2 atom stereocenters. The van der Waals surface area contributed by atoms with Gasteiger partial charge in [-0.2, -0.15) is 5.10 Å². The zero-order chi connectivity index (χ0) is 18.2. The van der Waals surface area contributed by atoms with Gasteiger partial charge < -0.3 is 10.6 Å². The lowest BCUT2D eigenvalue weighted by molar-refractivity contribution is 0.0745. The molecule has 10 heteroatoms. The molecule has 1 aliphatic rings. The molecule has 2 aromatic rings. The Morgan fingerprint density at radius 2 is 2.28 bits per heavy atom. The van der Waals surface area contributed by atoms with Crippen LogP contribution in [0.25, 0.3) is 0 Å². The number of anilines is 1. The van der Waals surface area contributed by atoms with E-state index < -0.39 is 10.0 Å². The van der Waals surface area contributed by atoms with Gasteiger partial charge in [-0.1, -0.05) is 0 Å². The number of rotatable bonds is 5. The molecular weight excluding hydrogens is 362 g/mol. The second kappa shape index (κ2) is 6.77. The zero-order valence-electron chi connectivity index (χ0n) is 14.0. The van der Waals surface area contributed by atoms with E-state index in [1.54, 1.807) is 23.5 Å². The molecular formula is C15H21N5O3S2. The Hall–Kier alpha value is -1.91. The van der Waals surface area contributed by atoms with Gasteiger partial charge in [0.2, 0.25) is 0 Å². The summed E-state index contributed by atoms with van der Waals surface area (Å²) in [5.74, 6) is -0.00232. The highest BCUT2D eigenvalue weighted by Gasteiger charge is 2.35. The van der Waals surface area contributed by atoms with Crippen molar-refractivity contribution < 1.29 is 13.2 Å². The van der Waals surface area contributed by atoms with Crippen molar-refractivity contribution >= 4 is 33.0 Å². The fraction of sp³-hybridized carbons (Fsp3) is 0.467. The number of sulfonamides is 1. The number of carbonyl (C=O) groups excluding carboxylic acids is 1. The van der Waals surface area contributed by atoms with Crippen molar-refractivity contribution in [1.82, 2.24) is 14.7 Å². The predicted molar refractivity (Wildman–Crippen MR) is 96.0 cm³/mol. The van der Waals surface area contributed by atoms with E-state index >= 15 is 0 Å². The molecule has 136 valence electrons. The first-order valence-electron chi connectivity index (χ1n) is 7.92. The average molecular weight is 383 g/mol. The fourth-order valence-corrected chi connectivity index (χ4v) is 5.48. The van der Waals surface area contributed by atoms with Crippen LogP contribution in [0.3, 0.4) is 0 Å². The number of nitrogens with one attached hydrogen (secondary N) is 1. The Morgan fingerprint density at radius 3 is 2.88 bits per heavy atom. The van der Waals surface area contributed by atoms with Gasteiger partial charge in [0.15, 0.2) is 0 Å². The number of likely N-dealkylation sites (tertiary alicyclic amines) is 1. The van der Waals surface area contributed by atoms with Gasteiger partial charge in [0.25, 0.3) is 15.9 Å². The minimum absolute atomic E-state index is 0.00486. The van der Waals surface area contributed by atoms with Crippen LogP contribution in [0.2, 0.25) is 0 Å². The Morgan fingerprint density at radius 1 is 1.52 bits per heavy atom. The highest BCUT2D eigenvalue weighted by molar-refractivity contribution is 7.93. The topological polar surface area (TPSA) is 110 Å². The monoisotopic (exact) mass is 383 g/mol. The second-order valence-corrected chi connectivity index (χ2v) is 8.83. The Labute approximate surface area is 150 Å². The molecule has 2 unspecified atom stereocenters. The third-order valence-electron chi connectivity index (χ3n) is 4.33. The fourth-order valence-electron chi connectivity index (χ4n) is 3.08. The molecule has 3 heterocycles. The van der Waals surface area contributed by atoms with E-state index in [-0.39, 0.29) is 27.6 Å². The van der Waals surface area contributed by atoms with Crippen LogP contribution in [0, 0.1) is 5.92 Å². The van der Waals surface area contributed by atoms with Crippen LogP contribution in [0.1, 0.15) is 23.0 Å². The number of hydrogen-bond donors (Lipinski definition) is 2. The van der Waals surface area contributed by atoms with Crippen LogP contribution < -0.4 is 10.5 Å². The van der Waals surface area contributed by atoms with Gasteiger partial charge in [-0.3, -0.25) is 14.2 Å². The SMILES string of the molecule is CC1CC(CN)CN1C(=O)c1sccc1S(=O)(=O)Nc1cnn(C)c1. The summed E-state index contributed by atoms with van der Waals surface area (Å²) in [6.07, 6.45) is 3.81. The maximum Gasteiger partial charge on any atom is 0.265 e. The van der Waals surface area contributed by atoms with Crippen LogP contribution >= 0.6 is 11.3 Å². The summed E-state index contributed by atoms with van der Waals surface area (Å²) in [6.45, 7) is 3.04. The number of amides is 1. The molecule has 8 nitrogen and oxygen atoms in total. The summed E-state index contributed by atoms with van der Waals surface area (Å²) >= 11 is 1.14. The van der Waals surface area contributed by atoms with E-state index in [0.717, 1.165) is 17.8 Å². The first kappa shape index (κ1) is 17.9. The summed E-state index contributed by atoms with van der Waals surface area (Å²) in [5.41, 5.74) is 6.07. The Bertz CT molecular complexity index is 873. The lowest BCUT2D eigenvalue weighted by atomic mass is 10.1. The third-order valence-corrected chi connectivity index (χ3v) is 6.78. The van der Waals surface area contributed by atoms with Crippen molar-refractivity contribution in [2.75, 3.05) is 17.8 Å². The van der Waals surface area contributed by atoms with Gasteiger partial charge in [-0.15, -0.1) is 11.3 Å². The molecule has 0 aromatic carbocycles. The molecule has 3 rings (SSSR count).